The molecule has 0 saturated heterocycles. The van der Waals surface area contributed by atoms with Gasteiger partial charge in [-0.05, 0) is 106 Å². The Bertz CT molecular complexity index is 5080. The quantitative estimate of drug-likeness (QED) is 0.165. The fourth-order valence-corrected chi connectivity index (χ4v) is 14.9. The van der Waals surface area contributed by atoms with Gasteiger partial charge in [-0.1, -0.05) is 218 Å². The minimum Gasteiger partial charge on any atom is -0.459 e. The lowest BCUT2D eigenvalue weighted by atomic mass is 9.53. The first kappa shape index (κ1) is 48.7. The molecule has 0 fully saturated rings. The maximum absolute atomic E-state index is 7.90. The van der Waals surface area contributed by atoms with E-state index in [-0.39, 0.29) is 0 Å². The van der Waals surface area contributed by atoms with Crippen LogP contribution in [0.5, 0.6) is 23.0 Å². The molecule has 2 aliphatic heterocycles. The van der Waals surface area contributed by atoms with Crippen molar-refractivity contribution in [2.24, 2.45) is 0 Å². The van der Waals surface area contributed by atoms with Crippen LogP contribution in [0.25, 0.3) is 111 Å². The molecule has 1 aliphatic carbocycles. The normalized spacial score (nSPS) is 13.8. The van der Waals surface area contributed by atoms with Crippen LogP contribution in [-0.4, -0.2) is 0 Å². The zero-order chi connectivity index (χ0) is 57.7. The Balaban J connectivity index is 0.824. The van der Waals surface area contributed by atoms with Crippen molar-refractivity contribution in [1.29, 1.82) is 0 Å². The standard InChI is InChI=1S/C82H48O6/c1-7-37-69-59(27-1)61-31-17-29-57(77(61)85-69)53-23-13-19-49(43-53)51-21-15-25-55(45-51)75-47-67-79(87-75)82(65-35-5-11-41-73(65)84-74-42-12-6-36-66(74)82)68-48-76(88-80(68)81(67)63-33-3-9-39-71(63)83-72-40-10-4-34-64(72)81)56-26-16-22-52(46-56)50-20-14-24-54(44-50)58-30-18-32-62-60-28-2-8-38-70(60)86-78(58)62/h1-48H. The van der Waals surface area contributed by atoms with E-state index >= 15 is 0 Å². The molecule has 6 nitrogen and oxygen atoms in total. The Morgan fingerprint density at radius 2 is 0.523 bits per heavy atom. The Labute approximate surface area is 505 Å². The summed E-state index contributed by atoms with van der Waals surface area (Å²) < 4.78 is 42.8. The van der Waals surface area contributed by atoms with Gasteiger partial charge in [0.05, 0.1) is 0 Å². The summed E-state index contributed by atoms with van der Waals surface area (Å²) in [5.41, 5.74) is 17.3. The number of hydrogen-bond acceptors (Lipinski definition) is 6. The van der Waals surface area contributed by atoms with Crippen molar-refractivity contribution in [3.63, 3.8) is 0 Å². The van der Waals surface area contributed by atoms with E-state index in [0.29, 0.717) is 11.5 Å². The molecule has 412 valence electrons. The third-order valence-electron chi connectivity index (χ3n) is 18.7. The van der Waals surface area contributed by atoms with Crippen LogP contribution >= 0.6 is 0 Å². The van der Waals surface area contributed by atoms with Gasteiger partial charge >= 0.3 is 0 Å². The molecule has 0 atom stereocenters. The van der Waals surface area contributed by atoms with Crippen LogP contribution in [0.1, 0.15) is 44.9 Å². The molecule has 2 spiro atoms. The summed E-state index contributed by atoms with van der Waals surface area (Å²) >= 11 is 0. The highest BCUT2D eigenvalue weighted by atomic mass is 16.5. The number of hydrogen-bond donors (Lipinski definition) is 0. The predicted octanol–water partition coefficient (Wildman–Crippen LogP) is 22.0. The van der Waals surface area contributed by atoms with Crippen LogP contribution in [0.2, 0.25) is 0 Å². The van der Waals surface area contributed by atoms with E-state index in [1.54, 1.807) is 0 Å². The third-order valence-corrected chi connectivity index (χ3v) is 18.7. The lowest BCUT2D eigenvalue weighted by Gasteiger charge is -2.48. The number of para-hydroxylation sites is 8. The van der Waals surface area contributed by atoms with Gasteiger partial charge in [0.1, 0.15) is 79.2 Å². The molecule has 3 aliphatic rings. The molecule has 88 heavy (non-hydrogen) atoms. The van der Waals surface area contributed by atoms with E-state index in [1.807, 2.05) is 48.5 Å². The van der Waals surface area contributed by atoms with E-state index in [1.165, 1.54) is 0 Å². The van der Waals surface area contributed by atoms with Crippen LogP contribution in [0, 0.1) is 0 Å². The smallest absolute Gasteiger partial charge is 0.143 e. The highest BCUT2D eigenvalue weighted by Crippen LogP contribution is 2.68. The van der Waals surface area contributed by atoms with Crippen LogP contribution in [0.15, 0.2) is 309 Å². The zero-order valence-corrected chi connectivity index (χ0v) is 47.2. The first-order chi connectivity index (χ1) is 43.6. The molecule has 0 unspecified atom stereocenters. The number of fused-ring (bicyclic) bond motifs is 20. The summed E-state index contributed by atoms with van der Waals surface area (Å²) in [5, 5.41) is 4.41. The molecule has 4 aromatic heterocycles. The molecule has 0 bridgehead atoms. The van der Waals surface area contributed by atoms with Crippen LogP contribution in [0.4, 0.5) is 0 Å². The molecule has 0 amide bonds. The van der Waals surface area contributed by atoms with E-state index in [4.69, 9.17) is 27.1 Å². The number of furan rings is 4. The van der Waals surface area contributed by atoms with Crippen molar-refractivity contribution in [3.05, 3.63) is 336 Å². The van der Waals surface area contributed by atoms with Gasteiger partial charge in [0.2, 0.25) is 0 Å². The fourth-order valence-electron chi connectivity index (χ4n) is 14.9. The summed E-state index contributed by atoms with van der Waals surface area (Å²) in [4.78, 5) is 0. The first-order valence-corrected chi connectivity index (χ1v) is 29.8. The topological polar surface area (TPSA) is 71.0 Å². The molecular weight excluding hydrogens is 1080 g/mol. The maximum Gasteiger partial charge on any atom is 0.143 e. The third kappa shape index (κ3) is 6.82. The average molecular weight is 1130 g/mol. The monoisotopic (exact) mass is 1130 g/mol. The van der Waals surface area contributed by atoms with Gasteiger partial charge in [0.25, 0.3) is 0 Å². The number of rotatable bonds is 6. The van der Waals surface area contributed by atoms with E-state index in [2.05, 4.69) is 243 Å². The Hall–Kier alpha value is -11.6. The van der Waals surface area contributed by atoms with Crippen LogP contribution in [-0.2, 0) is 10.8 Å². The van der Waals surface area contributed by atoms with Crippen LogP contribution in [0.3, 0.4) is 0 Å². The van der Waals surface area contributed by atoms with Gasteiger partial charge in [0, 0.05) is 77.2 Å². The molecular formula is C82H48O6. The lowest BCUT2D eigenvalue weighted by molar-refractivity contribution is 0.353. The molecule has 0 saturated carbocycles. The minimum absolute atomic E-state index is 0.716. The van der Waals surface area contributed by atoms with Crippen molar-refractivity contribution < 1.29 is 27.1 Å². The van der Waals surface area contributed by atoms with Gasteiger partial charge in [0.15, 0.2) is 0 Å². The predicted molar refractivity (Wildman–Crippen MR) is 348 cm³/mol. The fraction of sp³-hybridized carbons (Fsp3) is 0.0244. The summed E-state index contributed by atoms with van der Waals surface area (Å²) in [6.45, 7) is 0. The SMILES string of the molecule is c1cc(-c2cccc(-c3cccc4c3oc3ccccc34)c2)cc(-c2cc3c(o2)C2(c4ccccc4Oc4ccccc42)c2cc(-c4cccc(-c5cccc(-c6cccc7c6oc6ccccc67)c5)c4)oc2C32c3ccccc3Oc3ccccc32)c1. The van der Waals surface area contributed by atoms with Gasteiger partial charge < -0.3 is 27.1 Å². The molecule has 6 heteroatoms. The van der Waals surface area contributed by atoms with E-state index in [9.17, 15) is 0 Å². The second kappa shape index (κ2) is 18.5. The highest BCUT2D eigenvalue weighted by Gasteiger charge is 2.63. The second-order valence-corrected chi connectivity index (χ2v) is 23.3. The van der Waals surface area contributed by atoms with Gasteiger partial charge in [-0.25, -0.2) is 0 Å². The van der Waals surface area contributed by atoms with Crippen molar-refractivity contribution in [1.82, 2.24) is 0 Å². The van der Waals surface area contributed by atoms with Crippen molar-refractivity contribution in [2.45, 2.75) is 10.8 Å². The highest BCUT2D eigenvalue weighted by molar-refractivity contribution is 6.11. The summed E-state index contributed by atoms with van der Waals surface area (Å²) in [6, 6.07) is 102. The number of benzene rings is 12. The Morgan fingerprint density at radius 3 is 0.920 bits per heavy atom. The zero-order valence-electron chi connectivity index (χ0n) is 47.2. The molecule has 0 radical (unpaired) electrons. The molecule has 16 aromatic rings. The Kier molecular flexibility index (Phi) is 10.2. The largest absolute Gasteiger partial charge is 0.459 e. The lowest BCUT2D eigenvalue weighted by Crippen LogP contribution is -2.46. The summed E-state index contributed by atoms with van der Waals surface area (Å²) in [7, 11) is 0. The molecule has 19 rings (SSSR count). The number of ether oxygens (including phenoxy) is 2. The van der Waals surface area contributed by atoms with Crippen molar-refractivity contribution >= 4 is 43.9 Å². The van der Waals surface area contributed by atoms with E-state index in [0.717, 1.165) is 167 Å². The molecule has 12 aromatic carbocycles. The van der Waals surface area contributed by atoms with Gasteiger partial charge in [-0.15, -0.1) is 0 Å². The van der Waals surface area contributed by atoms with E-state index < -0.39 is 10.8 Å². The summed E-state index contributed by atoms with van der Waals surface area (Å²) in [6.07, 6.45) is 0. The summed E-state index contributed by atoms with van der Waals surface area (Å²) in [5.74, 6) is 5.93. The molecule has 6 heterocycles. The second-order valence-electron chi connectivity index (χ2n) is 23.3. The maximum atomic E-state index is 7.90. The van der Waals surface area contributed by atoms with Crippen molar-refractivity contribution in [2.75, 3.05) is 0 Å². The first-order valence-electron chi connectivity index (χ1n) is 29.8. The minimum atomic E-state index is -1.09. The Morgan fingerprint density at radius 1 is 0.216 bits per heavy atom. The average Bonchev–Trinajstić information content (AvgIpc) is 1.30. The van der Waals surface area contributed by atoms with Crippen molar-refractivity contribution in [3.8, 4) is 90.2 Å². The van der Waals surface area contributed by atoms with Gasteiger partial charge in [-0.3, -0.25) is 0 Å². The van der Waals surface area contributed by atoms with Gasteiger partial charge in [-0.2, -0.15) is 0 Å². The molecule has 0 N–H and O–H groups in total. The van der Waals surface area contributed by atoms with Crippen LogP contribution < -0.4 is 9.47 Å².